The van der Waals surface area contributed by atoms with E-state index in [2.05, 4.69) is 13.0 Å². The van der Waals surface area contributed by atoms with Crippen molar-refractivity contribution in [1.29, 1.82) is 0 Å². The second kappa shape index (κ2) is 14.6. The van der Waals surface area contributed by atoms with Crippen LogP contribution in [0.25, 0.3) is 0 Å². The summed E-state index contributed by atoms with van der Waals surface area (Å²) in [6.07, 6.45) is 14.6. The molecule has 0 bridgehead atoms. The van der Waals surface area contributed by atoms with Gasteiger partial charge >= 0.3 is 5.97 Å². The third-order valence-corrected chi connectivity index (χ3v) is 8.60. The van der Waals surface area contributed by atoms with Gasteiger partial charge in [-0.05, 0) is 69.4 Å². The van der Waals surface area contributed by atoms with E-state index in [4.69, 9.17) is 25.8 Å². The molecule has 0 spiro atoms. The molecule has 1 aromatic heterocycles. The SMILES string of the molecule is CCCCCC(O)/C=C/C1[C@@H](CCCc2ccc(C(=O)OC)s2)C(Cl)C[C@H]1OC1CCCCO1. The smallest absolute Gasteiger partial charge is 0.348 e. The highest BCUT2D eigenvalue weighted by Gasteiger charge is 2.42. The first-order valence-electron chi connectivity index (χ1n) is 13.0. The van der Waals surface area contributed by atoms with Crippen LogP contribution in [0.4, 0.5) is 0 Å². The quantitative estimate of drug-likeness (QED) is 0.141. The number of ether oxygens (including phenoxy) is 3. The molecule has 4 unspecified atom stereocenters. The summed E-state index contributed by atoms with van der Waals surface area (Å²) in [6, 6.07) is 3.85. The van der Waals surface area contributed by atoms with Crippen molar-refractivity contribution in [2.45, 2.75) is 101 Å². The lowest BCUT2D eigenvalue weighted by molar-refractivity contribution is -0.192. The minimum atomic E-state index is -0.420. The maximum atomic E-state index is 11.7. The molecule has 5 nitrogen and oxygen atoms in total. The summed E-state index contributed by atoms with van der Waals surface area (Å²) >= 11 is 8.37. The maximum Gasteiger partial charge on any atom is 0.348 e. The van der Waals surface area contributed by atoms with Crippen LogP contribution in [0, 0.1) is 11.8 Å². The summed E-state index contributed by atoms with van der Waals surface area (Å²) in [6.45, 7) is 2.93. The predicted octanol–water partition coefficient (Wildman–Crippen LogP) is 6.51. The van der Waals surface area contributed by atoms with E-state index < -0.39 is 6.10 Å². The molecule has 7 heteroatoms. The summed E-state index contributed by atoms with van der Waals surface area (Å²) in [7, 11) is 1.41. The Morgan fingerprint density at radius 1 is 1.32 bits per heavy atom. The molecule has 6 atom stereocenters. The molecule has 2 aliphatic rings. The molecular weight excluding hydrogens is 472 g/mol. The molecule has 1 aliphatic carbocycles. The van der Waals surface area contributed by atoms with Gasteiger partial charge in [-0.3, -0.25) is 0 Å². The fraction of sp³-hybridized carbons (Fsp3) is 0.741. The molecule has 1 aromatic rings. The van der Waals surface area contributed by atoms with Gasteiger partial charge in [0, 0.05) is 22.8 Å². The molecule has 2 fully saturated rings. The molecule has 34 heavy (non-hydrogen) atoms. The molecule has 0 amide bonds. The number of aliphatic hydroxyl groups is 1. The molecule has 192 valence electrons. The molecule has 1 aliphatic heterocycles. The number of carbonyl (C=O) groups is 1. The number of aliphatic hydroxyl groups excluding tert-OH is 1. The summed E-state index contributed by atoms with van der Waals surface area (Å²) in [5.41, 5.74) is 0. The highest BCUT2D eigenvalue weighted by molar-refractivity contribution is 7.13. The number of thiophene rings is 1. The monoisotopic (exact) mass is 512 g/mol. The normalized spacial score (nSPS) is 28.4. The Morgan fingerprint density at radius 3 is 2.91 bits per heavy atom. The Labute approximate surface area is 213 Å². The lowest BCUT2D eigenvalue weighted by atomic mass is 9.88. The summed E-state index contributed by atoms with van der Waals surface area (Å²) < 4.78 is 17.1. The molecule has 0 aromatic carbocycles. The van der Waals surface area contributed by atoms with Crippen LogP contribution in [0.1, 0.15) is 85.7 Å². The minimum absolute atomic E-state index is 0.0161. The van der Waals surface area contributed by atoms with E-state index in [1.807, 2.05) is 18.2 Å². The highest BCUT2D eigenvalue weighted by atomic mass is 35.5. The van der Waals surface area contributed by atoms with Gasteiger partial charge in [0.1, 0.15) is 4.88 Å². The number of esters is 1. The van der Waals surface area contributed by atoms with Gasteiger partial charge in [0.25, 0.3) is 0 Å². The number of halogens is 1. The zero-order chi connectivity index (χ0) is 24.3. The fourth-order valence-corrected chi connectivity index (χ4v) is 6.50. The Bertz CT molecular complexity index is 760. The van der Waals surface area contributed by atoms with Crippen LogP contribution in [0.3, 0.4) is 0 Å². The number of aryl methyl sites for hydroxylation is 1. The summed E-state index contributed by atoms with van der Waals surface area (Å²) in [5.74, 6) is 0.178. The molecule has 1 N–H and O–H groups in total. The average Bonchev–Trinajstić information content (AvgIpc) is 3.42. The number of rotatable bonds is 13. The second-order valence-electron chi connectivity index (χ2n) is 9.56. The van der Waals surface area contributed by atoms with Crippen LogP contribution >= 0.6 is 22.9 Å². The van der Waals surface area contributed by atoms with Crippen molar-refractivity contribution in [2.75, 3.05) is 13.7 Å². The van der Waals surface area contributed by atoms with E-state index in [9.17, 15) is 9.90 Å². The Hall–Kier alpha value is -0.920. The van der Waals surface area contributed by atoms with Crippen molar-refractivity contribution >= 4 is 28.9 Å². The third-order valence-electron chi connectivity index (χ3n) is 6.98. The lowest BCUT2D eigenvalue weighted by Crippen LogP contribution is -2.30. The zero-order valence-electron chi connectivity index (χ0n) is 20.6. The lowest BCUT2D eigenvalue weighted by Gasteiger charge is -2.29. The first-order chi connectivity index (χ1) is 16.5. The van der Waals surface area contributed by atoms with E-state index in [1.54, 1.807) is 0 Å². The number of alkyl halides is 1. The van der Waals surface area contributed by atoms with Crippen LogP contribution in [0.2, 0.25) is 0 Å². The van der Waals surface area contributed by atoms with Gasteiger partial charge in [-0.1, -0.05) is 38.3 Å². The third kappa shape index (κ3) is 8.34. The highest BCUT2D eigenvalue weighted by Crippen LogP contribution is 2.43. The first-order valence-corrected chi connectivity index (χ1v) is 14.2. The Morgan fingerprint density at radius 2 is 2.18 bits per heavy atom. The van der Waals surface area contributed by atoms with Crippen molar-refractivity contribution in [3.8, 4) is 0 Å². The number of methoxy groups -OCH3 is 1. The van der Waals surface area contributed by atoms with E-state index in [0.717, 1.165) is 77.2 Å². The van der Waals surface area contributed by atoms with Crippen molar-refractivity contribution in [2.24, 2.45) is 11.8 Å². The van der Waals surface area contributed by atoms with Gasteiger partial charge < -0.3 is 19.3 Å². The fourth-order valence-electron chi connectivity index (χ4n) is 5.06. The van der Waals surface area contributed by atoms with E-state index >= 15 is 0 Å². The van der Waals surface area contributed by atoms with Gasteiger partial charge in [0.15, 0.2) is 6.29 Å². The van der Waals surface area contributed by atoms with Crippen molar-refractivity contribution in [3.05, 3.63) is 34.0 Å². The Balaban J connectivity index is 1.60. The molecule has 1 saturated heterocycles. The number of hydrogen-bond acceptors (Lipinski definition) is 6. The van der Waals surface area contributed by atoms with Crippen molar-refractivity contribution in [1.82, 2.24) is 0 Å². The van der Waals surface area contributed by atoms with Crippen LogP contribution in [0.5, 0.6) is 0 Å². The first kappa shape index (κ1) is 27.7. The van der Waals surface area contributed by atoms with Crippen LogP contribution < -0.4 is 0 Å². The zero-order valence-corrected chi connectivity index (χ0v) is 22.2. The van der Waals surface area contributed by atoms with Gasteiger partial charge in [-0.15, -0.1) is 22.9 Å². The summed E-state index contributed by atoms with van der Waals surface area (Å²) in [4.78, 5) is 13.6. The van der Waals surface area contributed by atoms with Crippen molar-refractivity contribution in [3.63, 3.8) is 0 Å². The predicted molar refractivity (Wildman–Crippen MR) is 138 cm³/mol. The molecule has 0 radical (unpaired) electrons. The topological polar surface area (TPSA) is 65.0 Å². The molecule has 2 heterocycles. The van der Waals surface area contributed by atoms with Gasteiger partial charge in [0.05, 0.1) is 19.3 Å². The molecule has 1 saturated carbocycles. The van der Waals surface area contributed by atoms with Gasteiger partial charge in [-0.25, -0.2) is 4.79 Å². The van der Waals surface area contributed by atoms with Crippen LogP contribution in [0.15, 0.2) is 24.3 Å². The maximum absolute atomic E-state index is 11.7. The largest absolute Gasteiger partial charge is 0.465 e. The van der Waals surface area contributed by atoms with Gasteiger partial charge in [0.2, 0.25) is 0 Å². The number of unbranched alkanes of at least 4 members (excludes halogenated alkanes) is 2. The van der Waals surface area contributed by atoms with Gasteiger partial charge in [-0.2, -0.15) is 0 Å². The average molecular weight is 513 g/mol. The number of hydrogen-bond donors (Lipinski definition) is 1. The summed E-state index contributed by atoms with van der Waals surface area (Å²) in [5, 5.41) is 10.5. The van der Waals surface area contributed by atoms with Crippen LogP contribution in [-0.2, 0) is 20.6 Å². The molecule has 3 rings (SSSR count). The number of carbonyl (C=O) groups excluding carboxylic acids is 1. The standard InChI is InChI=1S/C27H41ClO5S/c1-3-4-5-9-19(29)13-15-22-21(11-8-10-20-14-16-25(34-20)27(30)31-2)23(28)18-24(22)33-26-12-6-7-17-32-26/h13-16,19,21-24,26,29H,3-12,17-18H2,1-2H3/b15-13+/t19?,21-,22?,23?,24-,26?/m1/s1. The second-order valence-corrected chi connectivity index (χ2v) is 11.3. The van der Waals surface area contributed by atoms with Crippen molar-refractivity contribution < 1.29 is 24.1 Å². The Kier molecular flexibility index (Phi) is 11.9. The van der Waals surface area contributed by atoms with E-state index in [0.29, 0.717) is 4.88 Å². The van der Waals surface area contributed by atoms with E-state index in [-0.39, 0.29) is 35.6 Å². The van der Waals surface area contributed by atoms with E-state index in [1.165, 1.54) is 23.3 Å². The molecular formula is C27H41ClO5S. The van der Waals surface area contributed by atoms with Crippen LogP contribution in [-0.4, -0.2) is 48.7 Å². The minimum Gasteiger partial charge on any atom is -0.465 e.